The van der Waals surface area contributed by atoms with Crippen molar-refractivity contribution in [2.75, 3.05) is 25.1 Å². The molecule has 6 atom stereocenters. The number of aliphatic hydroxyl groups excluding tert-OH is 1. The molecule has 7 rings (SSSR count). The molecule has 0 aliphatic carbocycles. The highest BCUT2D eigenvalue weighted by Crippen LogP contribution is 2.65. The molecule has 2 saturated heterocycles. The topological polar surface area (TPSA) is 114 Å². The van der Waals surface area contributed by atoms with Crippen molar-refractivity contribution in [3.8, 4) is 5.75 Å². The van der Waals surface area contributed by atoms with E-state index in [9.17, 15) is 19.5 Å². The number of anilines is 1. The van der Waals surface area contributed by atoms with Gasteiger partial charge in [-0.2, -0.15) is 0 Å². The molecule has 3 aliphatic heterocycles. The number of ether oxygens (including phenoxy) is 3. The summed E-state index contributed by atoms with van der Waals surface area (Å²) in [5.41, 5.74) is 1.91. The van der Waals surface area contributed by atoms with Crippen molar-refractivity contribution in [3.05, 3.63) is 142 Å². The highest BCUT2D eigenvalue weighted by molar-refractivity contribution is 14.1. The molecule has 0 radical (unpaired) electrons. The molecular formula is C38H33IN2O7. The van der Waals surface area contributed by atoms with E-state index in [1.54, 1.807) is 12.1 Å². The highest BCUT2D eigenvalue weighted by atomic mass is 127. The van der Waals surface area contributed by atoms with E-state index >= 15 is 0 Å². The van der Waals surface area contributed by atoms with Crippen LogP contribution >= 0.6 is 22.6 Å². The van der Waals surface area contributed by atoms with Gasteiger partial charge in [0.05, 0.1) is 18.7 Å². The van der Waals surface area contributed by atoms with Crippen LogP contribution in [0.25, 0.3) is 0 Å². The Balaban J connectivity index is 1.53. The van der Waals surface area contributed by atoms with Crippen molar-refractivity contribution >= 4 is 46.1 Å². The van der Waals surface area contributed by atoms with E-state index < -0.39 is 53.4 Å². The van der Waals surface area contributed by atoms with Crippen molar-refractivity contribution in [2.24, 2.45) is 5.92 Å². The van der Waals surface area contributed by atoms with Crippen LogP contribution in [0.5, 0.6) is 5.75 Å². The Morgan fingerprint density at radius 3 is 2.29 bits per heavy atom. The van der Waals surface area contributed by atoms with Crippen molar-refractivity contribution in [1.29, 1.82) is 0 Å². The number of carbonyl (C=O) groups excluding carboxylic acids is 3. The number of amides is 1. The number of aliphatic hydroxyl groups is 1. The minimum Gasteiger partial charge on any atom is -0.491 e. The summed E-state index contributed by atoms with van der Waals surface area (Å²) in [6.45, 7) is 3.59. The highest BCUT2D eigenvalue weighted by Gasteiger charge is 2.74. The van der Waals surface area contributed by atoms with Crippen LogP contribution in [0.3, 0.4) is 0 Å². The SMILES string of the molecule is C=CCOC(=O)[C@H]1C2C(=O)O[C@@H](c3ccccc3)[C@@H](c3ccccc3)N2[C@@H](c2ccc(OCCO)cc2)[C@]12C(=O)Nc1ccc(I)cc12. The third kappa shape index (κ3) is 5.19. The van der Waals surface area contributed by atoms with Gasteiger partial charge in [-0.3, -0.25) is 19.3 Å². The van der Waals surface area contributed by atoms with E-state index in [1.807, 2.05) is 95.9 Å². The Labute approximate surface area is 291 Å². The van der Waals surface area contributed by atoms with Crippen LogP contribution < -0.4 is 10.1 Å². The van der Waals surface area contributed by atoms with Crippen LogP contribution in [0.15, 0.2) is 116 Å². The smallest absolute Gasteiger partial charge is 0.325 e. The standard InChI is InChI=1S/C38H33IN2O7/c1-2-20-47-35(43)30-32-36(44)48-33(24-11-7-4-8-12-24)31(23-9-5-3-6-10-23)41(32)34(25-13-16-27(17-14-25)46-21-19-42)38(30)28-22-26(39)15-18-29(28)40-37(38)45/h2-18,22,30-34,42H,1,19-21H2,(H,40,45)/t30-,31-,32?,33+,34+,38-/m1/s1. The molecule has 10 heteroatoms. The van der Waals surface area contributed by atoms with Gasteiger partial charge in [-0.15, -0.1) is 0 Å². The molecular weight excluding hydrogens is 723 g/mol. The largest absolute Gasteiger partial charge is 0.491 e. The van der Waals surface area contributed by atoms with Gasteiger partial charge in [-0.25, -0.2) is 0 Å². The molecule has 2 fully saturated rings. The summed E-state index contributed by atoms with van der Waals surface area (Å²) in [5.74, 6) is -2.46. The van der Waals surface area contributed by atoms with E-state index in [4.69, 9.17) is 14.2 Å². The van der Waals surface area contributed by atoms with Gasteiger partial charge in [0.1, 0.15) is 42.4 Å². The van der Waals surface area contributed by atoms with Crippen LogP contribution in [0.4, 0.5) is 5.69 Å². The van der Waals surface area contributed by atoms with Crippen molar-refractivity contribution in [1.82, 2.24) is 4.90 Å². The summed E-state index contributed by atoms with van der Waals surface area (Å²) < 4.78 is 18.6. The number of hydrogen-bond acceptors (Lipinski definition) is 8. The van der Waals surface area contributed by atoms with Crippen LogP contribution in [0, 0.1) is 9.49 Å². The van der Waals surface area contributed by atoms with Crippen LogP contribution in [-0.2, 0) is 29.3 Å². The van der Waals surface area contributed by atoms with E-state index in [0.29, 0.717) is 22.6 Å². The molecule has 1 unspecified atom stereocenters. The number of hydrogen-bond donors (Lipinski definition) is 2. The molecule has 48 heavy (non-hydrogen) atoms. The average Bonchev–Trinajstić information content (AvgIpc) is 3.59. The fourth-order valence-electron chi connectivity index (χ4n) is 7.67. The van der Waals surface area contributed by atoms with E-state index in [1.165, 1.54) is 6.08 Å². The van der Waals surface area contributed by atoms with Crippen molar-refractivity contribution in [3.63, 3.8) is 0 Å². The van der Waals surface area contributed by atoms with Gasteiger partial charge in [0.2, 0.25) is 5.91 Å². The third-order valence-electron chi connectivity index (χ3n) is 9.42. The molecule has 2 N–H and O–H groups in total. The number of benzene rings is 4. The van der Waals surface area contributed by atoms with Gasteiger partial charge >= 0.3 is 11.9 Å². The molecule has 1 amide bonds. The molecule has 4 aromatic carbocycles. The van der Waals surface area contributed by atoms with Crippen LogP contribution in [-0.4, -0.2) is 53.7 Å². The molecule has 1 spiro atoms. The number of nitrogens with one attached hydrogen (secondary N) is 1. The minimum absolute atomic E-state index is 0.0930. The molecule has 4 aromatic rings. The molecule has 3 aliphatic rings. The first-order valence-corrected chi connectivity index (χ1v) is 16.8. The Morgan fingerprint density at radius 1 is 0.938 bits per heavy atom. The quantitative estimate of drug-likeness (QED) is 0.128. The molecule has 0 saturated carbocycles. The zero-order valence-corrected chi connectivity index (χ0v) is 28.0. The van der Waals surface area contributed by atoms with Gasteiger partial charge in [-0.05, 0) is 75.2 Å². The Morgan fingerprint density at radius 2 is 1.62 bits per heavy atom. The zero-order chi connectivity index (χ0) is 33.4. The second kappa shape index (κ2) is 13.2. The summed E-state index contributed by atoms with van der Waals surface area (Å²) >= 11 is 2.20. The molecule has 3 heterocycles. The predicted molar refractivity (Wildman–Crippen MR) is 186 cm³/mol. The second-order valence-corrected chi connectivity index (χ2v) is 13.2. The van der Waals surface area contributed by atoms with E-state index in [-0.39, 0.29) is 19.8 Å². The van der Waals surface area contributed by atoms with Gasteiger partial charge < -0.3 is 24.6 Å². The second-order valence-electron chi connectivity index (χ2n) is 12.0. The normalized spacial score (nSPS) is 25.9. The van der Waals surface area contributed by atoms with Gasteiger partial charge in [0, 0.05) is 9.26 Å². The number of halogens is 1. The fourth-order valence-corrected chi connectivity index (χ4v) is 8.16. The first kappa shape index (κ1) is 32.0. The maximum absolute atomic E-state index is 14.8. The Kier molecular flexibility index (Phi) is 8.80. The molecule has 9 nitrogen and oxygen atoms in total. The molecule has 0 bridgehead atoms. The third-order valence-corrected chi connectivity index (χ3v) is 10.1. The number of carbonyl (C=O) groups is 3. The minimum atomic E-state index is -1.59. The lowest BCUT2D eigenvalue weighted by molar-refractivity contribution is -0.180. The lowest BCUT2D eigenvalue weighted by atomic mass is 9.65. The monoisotopic (exact) mass is 756 g/mol. The maximum atomic E-state index is 14.8. The first-order valence-electron chi connectivity index (χ1n) is 15.7. The number of cyclic esters (lactones) is 1. The first-order chi connectivity index (χ1) is 23.4. The lowest BCUT2D eigenvalue weighted by Crippen LogP contribution is -2.52. The Bertz CT molecular complexity index is 1850. The number of rotatable bonds is 9. The summed E-state index contributed by atoms with van der Waals surface area (Å²) in [5, 5.41) is 12.4. The molecule has 244 valence electrons. The van der Waals surface area contributed by atoms with E-state index in [0.717, 1.165) is 14.7 Å². The number of morpholine rings is 1. The number of esters is 2. The van der Waals surface area contributed by atoms with Gasteiger partial charge in [0.15, 0.2) is 0 Å². The zero-order valence-electron chi connectivity index (χ0n) is 25.8. The van der Waals surface area contributed by atoms with E-state index in [2.05, 4.69) is 34.5 Å². The summed E-state index contributed by atoms with van der Waals surface area (Å²) in [6.07, 6.45) is 0.704. The lowest BCUT2D eigenvalue weighted by Gasteiger charge is -2.46. The summed E-state index contributed by atoms with van der Waals surface area (Å²) in [4.78, 5) is 45.8. The van der Waals surface area contributed by atoms with Gasteiger partial charge in [0.25, 0.3) is 0 Å². The van der Waals surface area contributed by atoms with Gasteiger partial charge in [-0.1, -0.05) is 85.5 Å². The maximum Gasteiger partial charge on any atom is 0.325 e. The summed E-state index contributed by atoms with van der Waals surface area (Å²) in [6, 6.07) is 29.5. The number of fused-ring (bicyclic) bond motifs is 3. The number of nitrogens with zero attached hydrogens (tertiary/aromatic N) is 1. The Hall–Kier alpha value is -4.52. The van der Waals surface area contributed by atoms with Crippen molar-refractivity contribution in [2.45, 2.75) is 29.6 Å². The van der Waals surface area contributed by atoms with Crippen molar-refractivity contribution < 1.29 is 33.7 Å². The van der Waals surface area contributed by atoms with Crippen LogP contribution in [0.1, 0.15) is 40.4 Å². The fraction of sp³-hybridized carbons (Fsp3) is 0.237. The molecule has 0 aromatic heterocycles. The van der Waals surface area contributed by atoms with Crippen LogP contribution in [0.2, 0.25) is 0 Å². The predicted octanol–water partition coefficient (Wildman–Crippen LogP) is 5.66. The summed E-state index contributed by atoms with van der Waals surface area (Å²) in [7, 11) is 0. The average molecular weight is 757 g/mol.